The molecule has 2 heterocycles. The third-order valence-corrected chi connectivity index (χ3v) is 5.19. The van der Waals surface area contributed by atoms with Crippen LogP contribution in [0.5, 0.6) is 11.5 Å². The first-order valence-corrected chi connectivity index (χ1v) is 9.93. The third kappa shape index (κ3) is 4.61. The van der Waals surface area contributed by atoms with Crippen LogP contribution in [0.3, 0.4) is 0 Å². The van der Waals surface area contributed by atoms with E-state index in [2.05, 4.69) is 22.0 Å². The number of hydrogen-bond donors (Lipinski definition) is 2. The number of phenolic OH excluding ortho intramolecular Hbond substituents is 1. The van der Waals surface area contributed by atoms with E-state index in [1.54, 1.807) is 6.07 Å². The van der Waals surface area contributed by atoms with Crippen molar-refractivity contribution in [2.24, 2.45) is 4.99 Å². The first-order valence-electron chi connectivity index (χ1n) is 9.93. The summed E-state index contributed by atoms with van der Waals surface area (Å²) >= 11 is 0. The second-order valence-electron chi connectivity index (χ2n) is 7.04. The molecular weight excluding hydrogens is 328 g/mol. The molecule has 1 aromatic rings. The van der Waals surface area contributed by atoms with Crippen LogP contribution in [0, 0.1) is 0 Å². The van der Waals surface area contributed by atoms with E-state index in [1.807, 2.05) is 19.1 Å². The molecule has 2 saturated heterocycles. The van der Waals surface area contributed by atoms with E-state index in [-0.39, 0.29) is 5.75 Å². The van der Waals surface area contributed by atoms with E-state index in [0.717, 1.165) is 31.2 Å². The van der Waals surface area contributed by atoms with Crippen molar-refractivity contribution in [3.05, 3.63) is 23.8 Å². The molecule has 2 aliphatic heterocycles. The van der Waals surface area contributed by atoms with Gasteiger partial charge in [-0.25, -0.2) is 4.99 Å². The van der Waals surface area contributed by atoms with Crippen LogP contribution < -0.4 is 10.1 Å². The highest BCUT2D eigenvalue weighted by molar-refractivity contribution is 5.80. The number of nitrogens with one attached hydrogen (secondary N) is 1. The minimum atomic E-state index is 0.180. The Labute approximate surface area is 156 Å². The Balaban J connectivity index is 1.65. The molecule has 2 fully saturated rings. The summed E-state index contributed by atoms with van der Waals surface area (Å²) in [4.78, 5) is 9.86. The van der Waals surface area contributed by atoms with Gasteiger partial charge in [-0.05, 0) is 63.9 Å². The van der Waals surface area contributed by atoms with Gasteiger partial charge in [-0.3, -0.25) is 4.90 Å². The molecule has 26 heavy (non-hydrogen) atoms. The van der Waals surface area contributed by atoms with Crippen molar-refractivity contribution in [3.8, 4) is 11.5 Å². The number of aromatic hydroxyl groups is 1. The highest BCUT2D eigenvalue weighted by Gasteiger charge is 2.30. The zero-order chi connectivity index (χ0) is 18.4. The Bertz CT molecular complexity index is 614. The standard InChI is InChI=1S/C20H32N4O2/c1-3-21-20(24-12-9-17(15-24)23-10-5-6-11-23)22-14-16-7-8-18(25)19(13-16)26-4-2/h7-8,13,17,25H,3-6,9-12,14-15H2,1-2H3,(H,21,22). The Morgan fingerprint density at radius 3 is 2.81 bits per heavy atom. The Kier molecular flexibility index (Phi) is 6.61. The van der Waals surface area contributed by atoms with Gasteiger partial charge in [0.2, 0.25) is 0 Å². The first-order chi connectivity index (χ1) is 12.7. The molecule has 0 spiro atoms. The molecule has 0 aromatic heterocycles. The van der Waals surface area contributed by atoms with Crippen LogP contribution in [-0.4, -0.2) is 66.2 Å². The van der Waals surface area contributed by atoms with E-state index >= 15 is 0 Å². The molecule has 0 radical (unpaired) electrons. The normalized spacial score (nSPS) is 21.4. The lowest BCUT2D eigenvalue weighted by atomic mass is 10.2. The van der Waals surface area contributed by atoms with Crippen molar-refractivity contribution in [2.75, 3.05) is 39.3 Å². The molecule has 6 heteroatoms. The fraction of sp³-hybridized carbons (Fsp3) is 0.650. The number of guanidine groups is 1. The van der Waals surface area contributed by atoms with E-state index in [1.165, 1.54) is 32.4 Å². The lowest BCUT2D eigenvalue weighted by Crippen LogP contribution is -2.42. The quantitative estimate of drug-likeness (QED) is 0.603. The molecule has 1 aromatic carbocycles. The van der Waals surface area contributed by atoms with Crippen LogP contribution in [0.1, 0.15) is 38.7 Å². The summed E-state index contributed by atoms with van der Waals surface area (Å²) in [6, 6.07) is 6.13. The van der Waals surface area contributed by atoms with Gasteiger partial charge in [0.1, 0.15) is 0 Å². The summed E-state index contributed by atoms with van der Waals surface area (Å²) in [5.74, 6) is 1.69. The molecule has 2 N–H and O–H groups in total. The number of nitrogens with zero attached hydrogens (tertiary/aromatic N) is 3. The van der Waals surface area contributed by atoms with Gasteiger partial charge in [-0.1, -0.05) is 6.07 Å². The number of benzene rings is 1. The molecule has 0 saturated carbocycles. The average molecular weight is 361 g/mol. The molecule has 0 bridgehead atoms. The van der Waals surface area contributed by atoms with Crippen molar-refractivity contribution in [2.45, 2.75) is 45.7 Å². The van der Waals surface area contributed by atoms with Crippen molar-refractivity contribution < 1.29 is 9.84 Å². The van der Waals surface area contributed by atoms with Crippen LogP contribution in [-0.2, 0) is 6.54 Å². The topological polar surface area (TPSA) is 60.3 Å². The number of ether oxygens (including phenoxy) is 1. The van der Waals surface area contributed by atoms with Gasteiger partial charge in [0, 0.05) is 25.7 Å². The molecular formula is C20H32N4O2. The van der Waals surface area contributed by atoms with Gasteiger partial charge in [-0.2, -0.15) is 0 Å². The second-order valence-corrected chi connectivity index (χ2v) is 7.04. The van der Waals surface area contributed by atoms with Gasteiger partial charge in [0.05, 0.1) is 13.2 Å². The zero-order valence-corrected chi connectivity index (χ0v) is 16.1. The van der Waals surface area contributed by atoms with Crippen LogP contribution in [0.4, 0.5) is 0 Å². The van der Waals surface area contributed by atoms with E-state index in [9.17, 15) is 5.11 Å². The van der Waals surface area contributed by atoms with Gasteiger partial charge in [0.15, 0.2) is 17.5 Å². The minimum absolute atomic E-state index is 0.180. The second kappa shape index (κ2) is 9.12. The summed E-state index contributed by atoms with van der Waals surface area (Å²) in [6.07, 6.45) is 3.90. The molecule has 144 valence electrons. The fourth-order valence-electron chi connectivity index (χ4n) is 3.86. The summed E-state index contributed by atoms with van der Waals surface area (Å²) in [7, 11) is 0. The van der Waals surface area contributed by atoms with Crippen molar-refractivity contribution in [1.29, 1.82) is 0 Å². The number of likely N-dealkylation sites (tertiary alicyclic amines) is 2. The highest BCUT2D eigenvalue weighted by Crippen LogP contribution is 2.27. The summed E-state index contributed by atoms with van der Waals surface area (Å²) < 4.78 is 5.47. The molecule has 0 amide bonds. The van der Waals surface area contributed by atoms with Gasteiger partial charge in [0.25, 0.3) is 0 Å². The Morgan fingerprint density at radius 2 is 2.08 bits per heavy atom. The van der Waals surface area contributed by atoms with Crippen LogP contribution in [0.2, 0.25) is 0 Å². The number of rotatable bonds is 6. The molecule has 3 rings (SSSR count). The lowest BCUT2D eigenvalue weighted by Gasteiger charge is -2.25. The first kappa shape index (κ1) is 18.8. The van der Waals surface area contributed by atoms with Crippen molar-refractivity contribution in [1.82, 2.24) is 15.1 Å². The van der Waals surface area contributed by atoms with E-state index < -0.39 is 0 Å². The number of phenols is 1. The average Bonchev–Trinajstić information content (AvgIpc) is 3.32. The Hall–Kier alpha value is -1.95. The molecule has 1 unspecified atom stereocenters. The number of hydrogen-bond acceptors (Lipinski definition) is 4. The van der Waals surface area contributed by atoms with Gasteiger partial charge >= 0.3 is 0 Å². The third-order valence-electron chi connectivity index (χ3n) is 5.19. The zero-order valence-electron chi connectivity index (χ0n) is 16.1. The predicted octanol–water partition coefficient (Wildman–Crippen LogP) is 2.43. The van der Waals surface area contributed by atoms with Crippen LogP contribution in [0.25, 0.3) is 0 Å². The lowest BCUT2D eigenvalue weighted by molar-refractivity contribution is 0.249. The maximum absolute atomic E-state index is 9.85. The fourth-order valence-corrected chi connectivity index (χ4v) is 3.86. The Morgan fingerprint density at radius 1 is 1.27 bits per heavy atom. The van der Waals surface area contributed by atoms with Gasteiger partial charge in [-0.15, -0.1) is 0 Å². The summed E-state index contributed by atoms with van der Waals surface area (Å²) in [5.41, 5.74) is 1.04. The molecule has 2 aliphatic rings. The molecule has 0 aliphatic carbocycles. The van der Waals surface area contributed by atoms with Crippen molar-refractivity contribution >= 4 is 5.96 Å². The van der Waals surface area contributed by atoms with Gasteiger partial charge < -0.3 is 20.1 Å². The highest BCUT2D eigenvalue weighted by atomic mass is 16.5. The van der Waals surface area contributed by atoms with Crippen LogP contribution >= 0.6 is 0 Å². The van der Waals surface area contributed by atoms with E-state index in [0.29, 0.717) is 24.9 Å². The van der Waals surface area contributed by atoms with Crippen molar-refractivity contribution in [3.63, 3.8) is 0 Å². The maximum atomic E-state index is 9.85. The largest absolute Gasteiger partial charge is 0.504 e. The monoisotopic (exact) mass is 360 g/mol. The SMILES string of the molecule is CCNC(=NCc1ccc(O)c(OCC)c1)N1CCC(N2CCCC2)C1. The maximum Gasteiger partial charge on any atom is 0.194 e. The summed E-state index contributed by atoms with van der Waals surface area (Å²) in [6.45, 7) is 10.6. The molecule has 1 atom stereocenters. The summed E-state index contributed by atoms with van der Waals surface area (Å²) in [5, 5.41) is 13.3. The smallest absolute Gasteiger partial charge is 0.194 e. The minimum Gasteiger partial charge on any atom is -0.504 e. The molecule has 6 nitrogen and oxygen atoms in total. The van der Waals surface area contributed by atoms with E-state index in [4.69, 9.17) is 9.73 Å². The number of aliphatic imine (C=N–C) groups is 1. The van der Waals surface area contributed by atoms with Crippen LogP contribution in [0.15, 0.2) is 23.2 Å². The predicted molar refractivity (Wildman–Crippen MR) is 105 cm³/mol.